The summed E-state index contributed by atoms with van der Waals surface area (Å²) in [7, 11) is 0. The normalized spacial score (nSPS) is 15.8. The van der Waals surface area contributed by atoms with Crippen LogP contribution in [0.4, 0.5) is 8.78 Å². The van der Waals surface area contributed by atoms with Gasteiger partial charge in [-0.3, -0.25) is 9.69 Å². The molecule has 0 unspecified atom stereocenters. The number of halogens is 2. The summed E-state index contributed by atoms with van der Waals surface area (Å²) in [4.78, 5) is 21.8. The second kappa shape index (κ2) is 6.94. The van der Waals surface area contributed by atoms with Crippen LogP contribution in [0.3, 0.4) is 0 Å². The van der Waals surface area contributed by atoms with Gasteiger partial charge in [-0.2, -0.15) is 0 Å². The Kier molecular flexibility index (Phi) is 4.91. The predicted octanol–water partition coefficient (Wildman–Crippen LogP) is 3.00. The van der Waals surface area contributed by atoms with E-state index in [0.717, 1.165) is 29.4 Å². The Hall–Kier alpha value is -1.86. The van der Waals surface area contributed by atoms with Gasteiger partial charge in [0.05, 0.1) is 12.2 Å². The van der Waals surface area contributed by atoms with Crippen LogP contribution in [0.1, 0.15) is 25.9 Å². The molecule has 2 aromatic rings. The van der Waals surface area contributed by atoms with Gasteiger partial charge in [0, 0.05) is 31.1 Å². The standard InChI is InChI=1S/C17H19F2N3OS/c1-11-12(2)24-15(20-11)10-21-6-8-22(9-7-21)17(23)16-13(18)4-3-5-14(16)19/h3-5H,6-10H2,1-2H3. The summed E-state index contributed by atoms with van der Waals surface area (Å²) in [5.41, 5.74) is 0.593. The quantitative estimate of drug-likeness (QED) is 0.853. The average Bonchev–Trinajstić information content (AvgIpc) is 2.85. The number of nitrogens with zero attached hydrogens (tertiary/aromatic N) is 3. The summed E-state index contributed by atoms with van der Waals surface area (Å²) in [6.45, 7) is 7.03. The first-order chi connectivity index (χ1) is 11.5. The van der Waals surface area contributed by atoms with E-state index in [0.29, 0.717) is 26.2 Å². The highest BCUT2D eigenvalue weighted by Crippen LogP contribution is 2.20. The van der Waals surface area contributed by atoms with E-state index >= 15 is 0 Å². The molecular weight excluding hydrogens is 332 g/mol. The van der Waals surface area contributed by atoms with E-state index < -0.39 is 23.1 Å². The number of aryl methyl sites for hydroxylation is 2. The SMILES string of the molecule is Cc1nc(CN2CCN(C(=O)c3c(F)cccc3F)CC2)sc1C. The molecule has 0 N–H and O–H groups in total. The Morgan fingerprint density at radius 1 is 1.17 bits per heavy atom. The minimum atomic E-state index is -0.809. The maximum absolute atomic E-state index is 13.8. The monoisotopic (exact) mass is 351 g/mol. The Bertz CT molecular complexity index is 715. The molecule has 0 atom stereocenters. The van der Waals surface area contributed by atoms with Gasteiger partial charge in [-0.05, 0) is 26.0 Å². The van der Waals surface area contributed by atoms with E-state index in [-0.39, 0.29) is 0 Å². The molecule has 1 aromatic carbocycles. The molecule has 1 amide bonds. The Morgan fingerprint density at radius 2 is 1.79 bits per heavy atom. The first-order valence-corrected chi connectivity index (χ1v) is 8.66. The molecule has 3 rings (SSSR count). The molecule has 1 aliphatic heterocycles. The Balaban J connectivity index is 1.61. The first-order valence-electron chi connectivity index (χ1n) is 7.84. The van der Waals surface area contributed by atoms with E-state index in [4.69, 9.17) is 0 Å². The molecule has 0 aliphatic carbocycles. The minimum absolute atomic E-state index is 0.454. The van der Waals surface area contributed by atoms with Gasteiger partial charge in [-0.1, -0.05) is 6.07 Å². The third-order valence-electron chi connectivity index (χ3n) is 4.27. The molecule has 0 spiro atoms. The fourth-order valence-electron chi connectivity index (χ4n) is 2.77. The molecule has 0 bridgehead atoms. The highest BCUT2D eigenvalue weighted by Gasteiger charge is 2.26. The Morgan fingerprint density at radius 3 is 2.33 bits per heavy atom. The lowest BCUT2D eigenvalue weighted by Gasteiger charge is -2.34. The van der Waals surface area contributed by atoms with E-state index in [2.05, 4.69) is 16.8 Å². The van der Waals surface area contributed by atoms with Crippen molar-refractivity contribution in [3.63, 3.8) is 0 Å². The summed E-state index contributed by atoms with van der Waals surface area (Å²) in [5.74, 6) is -2.20. The predicted molar refractivity (Wildman–Crippen MR) is 89.1 cm³/mol. The van der Waals surface area contributed by atoms with E-state index in [1.165, 1.54) is 15.8 Å². The van der Waals surface area contributed by atoms with Crippen molar-refractivity contribution in [3.05, 3.63) is 51.0 Å². The van der Waals surface area contributed by atoms with Gasteiger partial charge in [-0.15, -0.1) is 11.3 Å². The fourth-order valence-corrected chi connectivity index (χ4v) is 3.74. The van der Waals surface area contributed by atoms with Crippen LogP contribution in [-0.4, -0.2) is 46.9 Å². The number of benzene rings is 1. The number of carbonyl (C=O) groups is 1. The molecule has 0 radical (unpaired) electrons. The van der Waals surface area contributed by atoms with Crippen molar-refractivity contribution in [2.24, 2.45) is 0 Å². The summed E-state index contributed by atoms with van der Waals surface area (Å²) < 4.78 is 27.5. The van der Waals surface area contributed by atoms with Crippen molar-refractivity contribution in [2.75, 3.05) is 26.2 Å². The molecule has 24 heavy (non-hydrogen) atoms. The smallest absolute Gasteiger partial charge is 0.259 e. The molecule has 4 nitrogen and oxygen atoms in total. The average molecular weight is 351 g/mol. The van der Waals surface area contributed by atoms with Crippen LogP contribution in [0.15, 0.2) is 18.2 Å². The zero-order chi connectivity index (χ0) is 17.3. The molecule has 0 saturated carbocycles. The maximum atomic E-state index is 13.8. The van der Waals surface area contributed by atoms with Crippen LogP contribution in [0.5, 0.6) is 0 Å². The lowest BCUT2D eigenvalue weighted by molar-refractivity contribution is 0.0619. The van der Waals surface area contributed by atoms with Gasteiger partial charge >= 0.3 is 0 Å². The number of carbonyl (C=O) groups excluding carboxylic acids is 1. The molecule has 7 heteroatoms. The summed E-state index contributed by atoms with van der Waals surface area (Å²) in [5, 5.41) is 1.06. The van der Waals surface area contributed by atoms with Gasteiger partial charge < -0.3 is 4.90 Å². The number of aromatic nitrogens is 1. The molecule has 1 aliphatic rings. The minimum Gasteiger partial charge on any atom is -0.336 e. The molecule has 1 saturated heterocycles. The highest BCUT2D eigenvalue weighted by atomic mass is 32.1. The number of thiazole rings is 1. The summed E-state index contributed by atoms with van der Waals surface area (Å²) in [6, 6.07) is 3.48. The topological polar surface area (TPSA) is 36.4 Å². The highest BCUT2D eigenvalue weighted by molar-refractivity contribution is 7.11. The molecular formula is C17H19F2N3OS. The van der Waals surface area contributed by atoms with Crippen LogP contribution < -0.4 is 0 Å². The van der Waals surface area contributed by atoms with E-state index in [1.54, 1.807) is 11.3 Å². The van der Waals surface area contributed by atoms with Crippen LogP contribution in [0, 0.1) is 25.5 Å². The zero-order valence-electron chi connectivity index (χ0n) is 13.7. The van der Waals surface area contributed by atoms with Gasteiger partial charge in [0.15, 0.2) is 0 Å². The number of amides is 1. The third-order valence-corrected chi connectivity index (χ3v) is 5.33. The number of hydrogen-bond acceptors (Lipinski definition) is 4. The van der Waals surface area contributed by atoms with Crippen molar-refractivity contribution in [1.29, 1.82) is 0 Å². The van der Waals surface area contributed by atoms with E-state index in [1.807, 2.05) is 6.92 Å². The van der Waals surface area contributed by atoms with Crippen molar-refractivity contribution in [2.45, 2.75) is 20.4 Å². The maximum Gasteiger partial charge on any atom is 0.259 e. The van der Waals surface area contributed by atoms with Gasteiger partial charge in [0.25, 0.3) is 5.91 Å². The molecule has 2 heterocycles. The summed E-state index contributed by atoms with van der Waals surface area (Å²) >= 11 is 1.68. The van der Waals surface area contributed by atoms with Crippen LogP contribution in [-0.2, 0) is 6.54 Å². The van der Waals surface area contributed by atoms with Crippen molar-refractivity contribution >= 4 is 17.2 Å². The van der Waals surface area contributed by atoms with Gasteiger partial charge in [-0.25, -0.2) is 13.8 Å². The van der Waals surface area contributed by atoms with Gasteiger partial charge in [0.1, 0.15) is 22.2 Å². The van der Waals surface area contributed by atoms with E-state index in [9.17, 15) is 13.6 Å². The zero-order valence-corrected chi connectivity index (χ0v) is 14.5. The van der Waals surface area contributed by atoms with Crippen LogP contribution >= 0.6 is 11.3 Å². The largest absolute Gasteiger partial charge is 0.336 e. The molecule has 1 aromatic heterocycles. The molecule has 128 valence electrons. The lowest BCUT2D eigenvalue weighted by atomic mass is 10.1. The number of piperazine rings is 1. The van der Waals surface area contributed by atoms with Crippen LogP contribution in [0.2, 0.25) is 0 Å². The molecule has 1 fully saturated rings. The third kappa shape index (κ3) is 3.47. The second-order valence-electron chi connectivity index (χ2n) is 5.91. The first kappa shape index (κ1) is 17.0. The number of hydrogen-bond donors (Lipinski definition) is 0. The van der Waals surface area contributed by atoms with Crippen molar-refractivity contribution in [3.8, 4) is 0 Å². The fraction of sp³-hybridized carbons (Fsp3) is 0.412. The lowest BCUT2D eigenvalue weighted by Crippen LogP contribution is -2.48. The second-order valence-corrected chi connectivity index (χ2v) is 7.20. The van der Waals surface area contributed by atoms with Crippen molar-refractivity contribution in [1.82, 2.24) is 14.8 Å². The van der Waals surface area contributed by atoms with Crippen molar-refractivity contribution < 1.29 is 13.6 Å². The Labute approximate surface area is 143 Å². The number of rotatable bonds is 3. The van der Waals surface area contributed by atoms with Crippen LogP contribution in [0.25, 0.3) is 0 Å². The van der Waals surface area contributed by atoms with Gasteiger partial charge in [0.2, 0.25) is 0 Å². The summed E-state index contributed by atoms with van der Waals surface area (Å²) in [6.07, 6.45) is 0.